The van der Waals surface area contributed by atoms with Crippen molar-refractivity contribution in [1.29, 1.82) is 5.53 Å². The molecule has 0 spiro atoms. The van der Waals surface area contributed by atoms with Crippen molar-refractivity contribution in [1.82, 2.24) is 5.32 Å². The highest BCUT2D eigenvalue weighted by atomic mass is 32.2. The van der Waals surface area contributed by atoms with Crippen molar-refractivity contribution in [3.8, 4) is 0 Å². The van der Waals surface area contributed by atoms with Crippen molar-refractivity contribution in [2.75, 3.05) is 25.2 Å². The van der Waals surface area contributed by atoms with E-state index in [2.05, 4.69) is 10.4 Å². The third kappa shape index (κ3) is 7.41. The minimum Gasteiger partial charge on any atom is -0.390 e. The monoisotopic (exact) mass is 207 g/mol. The quantitative estimate of drug-likeness (QED) is 0.403. The van der Waals surface area contributed by atoms with Crippen LogP contribution in [-0.2, 0) is 9.84 Å². The number of nitrogens with one attached hydrogen (secondary N) is 2. The summed E-state index contributed by atoms with van der Waals surface area (Å²) in [5.74, 6) is 0.0141. The Hall–Kier alpha value is -0.950. The molecule has 0 fully saturated rings. The fourth-order valence-electron chi connectivity index (χ4n) is 0.548. The molecule has 6 nitrogen and oxygen atoms in total. The summed E-state index contributed by atoms with van der Waals surface area (Å²) < 4.78 is 21.3. The van der Waals surface area contributed by atoms with Crippen LogP contribution in [0, 0.1) is 5.53 Å². The molecule has 0 aromatic heterocycles. The van der Waals surface area contributed by atoms with Gasteiger partial charge in [0.05, 0.1) is 12.4 Å². The van der Waals surface area contributed by atoms with Gasteiger partial charge in [0.25, 0.3) is 0 Å². The maximum Gasteiger partial charge on any atom is 0.149 e. The molecule has 0 aliphatic heterocycles. The van der Waals surface area contributed by atoms with E-state index < -0.39 is 9.84 Å². The van der Waals surface area contributed by atoms with Crippen molar-refractivity contribution in [3.63, 3.8) is 0 Å². The summed E-state index contributed by atoms with van der Waals surface area (Å²) in [5, 5.41) is 14.2. The highest BCUT2D eigenvalue weighted by Gasteiger charge is 1.99. The molecule has 0 rings (SSSR count). The van der Waals surface area contributed by atoms with Crippen molar-refractivity contribution in [2.45, 2.75) is 0 Å². The molecule has 0 radical (unpaired) electrons. The highest BCUT2D eigenvalue weighted by molar-refractivity contribution is 7.90. The van der Waals surface area contributed by atoms with E-state index in [9.17, 15) is 8.42 Å². The lowest BCUT2D eigenvalue weighted by Crippen LogP contribution is -2.18. The molecule has 7 heteroatoms. The van der Waals surface area contributed by atoms with Gasteiger partial charge in [0, 0.05) is 19.0 Å². The zero-order valence-electron chi connectivity index (χ0n) is 7.32. The average molecular weight is 207 g/mol. The van der Waals surface area contributed by atoms with Crippen molar-refractivity contribution >= 4 is 9.84 Å². The molecule has 0 saturated heterocycles. The van der Waals surface area contributed by atoms with E-state index in [0.717, 1.165) is 6.26 Å². The van der Waals surface area contributed by atoms with Crippen LogP contribution in [0.5, 0.6) is 0 Å². The van der Waals surface area contributed by atoms with Gasteiger partial charge < -0.3 is 10.4 Å². The molecule has 0 saturated carbocycles. The first-order valence-corrected chi connectivity index (χ1v) is 5.64. The van der Waals surface area contributed by atoms with Gasteiger partial charge in [0.2, 0.25) is 0 Å². The SMILES string of the molecule is CS(=O)(=O)CCN/C=C(/CO)N=N. The topological polar surface area (TPSA) is 103 Å². The van der Waals surface area contributed by atoms with Crippen molar-refractivity contribution in [2.24, 2.45) is 5.11 Å². The summed E-state index contributed by atoms with van der Waals surface area (Å²) in [6.07, 6.45) is 2.46. The van der Waals surface area contributed by atoms with E-state index >= 15 is 0 Å². The first-order chi connectivity index (χ1) is 5.99. The minimum absolute atomic E-state index is 0.0141. The molecule has 0 aromatic carbocycles. The second-order valence-electron chi connectivity index (χ2n) is 2.49. The normalized spacial score (nSPS) is 12.6. The van der Waals surface area contributed by atoms with E-state index in [1.165, 1.54) is 6.20 Å². The lowest BCUT2D eigenvalue weighted by Gasteiger charge is -1.99. The molecular formula is C6H13N3O3S. The van der Waals surface area contributed by atoms with Gasteiger partial charge in [0.15, 0.2) is 0 Å². The predicted molar refractivity (Wildman–Crippen MR) is 48.0 cm³/mol. The zero-order chi connectivity index (χ0) is 10.3. The molecule has 0 heterocycles. The molecule has 13 heavy (non-hydrogen) atoms. The van der Waals surface area contributed by atoms with Gasteiger partial charge >= 0.3 is 0 Å². The van der Waals surface area contributed by atoms with Crippen LogP contribution in [0.25, 0.3) is 0 Å². The second-order valence-corrected chi connectivity index (χ2v) is 4.75. The third-order valence-corrected chi connectivity index (χ3v) is 2.14. The maximum absolute atomic E-state index is 10.6. The van der Waals surface area contributed by atoms with Gasteiger partial charge in [-0.2, -0.15) is 5.11 Å². The zero-order valence-corrected chi connectivity index (χ0v) is 8.13. The van der Waals surface area contributed by atoms with Gasteiger partial charge in [-0.1, -0.05) is 0 Å². The summed E-state index contributed by atoms with van der Waals surface area (Å²) in [6, 6.07) is 0. The van der Waals surface area contributed by atoms with Crippen LogP contribution in [-0.4, -0.2) is 38.7 Å². The van der Waals surface area contributed by atoms with Gasteiger partial charge in [-0.3, -0.25) is 0 Å². The van der Waals surface area contributed by atoms with Crippen LogP contribution in [0.1, 0.15) is 0 Å². The van der Waals surface area contributed by atoms with E-state index in [4.69, 9.17) is 10.6 Å². The molecule has 0 aliphatic carbocycles. The first kappa shape index (κ1) is 12.0. The lowest BCUT2D eigenvalue weighted by molar-refractivity contribution is 0.327. The number of aliphatic hydroxyl groups excluding tert-OH is 1. The minimum atomic E-state index is -2.97. The highest BCUT2D eigenvalue weighted by Crippen LogP contribution is 1.90. The van der Waals surface area contributed by atoms with Crippen LogP contribution in [0.3, 0.4) is 0 Å². The standard InChI is InChI=1S/C6H13N3O3S/c1-13(11,12)3-2-8-4-6(5-10)9-7/h4,7-8,10H,2-3,5H2,1H3/b6-4-,9-7?. The summed E-state index contributed by atoms with van der Waals surface area (Å²) in [7, 11) is -2.97. The summed E-state index contributed by atoms with van der Waals surface area (Å²) >= 11 is 0. The number of rotatable bonds is 6. The molecule has 0 bridgehead atoms. The Labute approximate surface area is 77.1 Å². The molecule has 0 aromatic rings. The molecular weight excluding hydrogens is 194 g/mol. The number of sulfone groups is 1. The van der Waals surface area contributed by atoms with Crippen LogP contribution in [0.15, 0.2) is 17.0 Å². The average Bonchev–Trinajstić information content (AvgIpc) is 2.03. The fourth-order valence-corrected chi connectivity index (χ4v) is 1.04. The summed E-state index contributed by atoms with van der Waals surface area (Å²) in [4.78, 5) is 0. The Morgan fingerprint density at radius 1 is 1.69 bits per heavy atom. The Morgan fingerprint density at radius 3 is 2.69 bits per heavy atom. The van der Waals surface area contributed by atoms with E-state index in [0.29, 0.717) is 0 Å². The van der Waals surface area contributed by atoms with Crippen LogP contribution in [0.4, 0.5) is 0 Å². The second kappa shape index (κ2) is 5.65. The van der Waals surface area contributed by atoms with Gasteiger partial charge in [-0.05, 0) is 0 Å². The predicted octanol–water partition coefficient (Wildman–Crippen LogP) is -0.515. The molecule has 3 N–H and O–H groups in total. The van der Waals surface area contributed by atoms with Crippen LogP contribution < -0.4 is 5.32 Å². The Morgan fingerprint density at radius 2 is 2.31 bits per heavy atom. The number of hydrogen-bond donors (Lipinski definition) is 3. The summed E-state index contributed by atoms with van der Waals surface area (Å²) in [5.41, 5.74) is 6.72. The van der Waals surface area contributed by atoms with Gasteiger partial charge in [-0.25, -0.2) is 13.9 Å². The first-order valence-electron chi connectivity index (χ1n) is 3.58. The third-order valence-electron chi connectivity index (χ3n) is 1.19. The number of nitrogens with zero attached hydrogens (tertiary/aromatic N) is 1. The van der Waals surface area contributed by atoms with Gasteiger partial charge in [-0.15, -0.1) is 0 Å². The largest absolute Gasteiger partial charge is 0.390 e. The molecule has 0 atom stereocenters. The fraction of sp³-hybridized carbons (Fsp3) is 0.667. The smallest absolute Gasteiger partial charge is 0.149 e. The van der Waals surface area contributed by atoms with Gasteiger partial charge in [0.1, 0.15) is 15.5 Å². The van der Waals surface area contributed by atoms with Crippen LogP contribution in [0.2, 0.25) is 0 Å². The Kier molecular flexibility index (Phi) is 5.24. The van der Waals surface area contributed by atoms with E-state index in [1.807, 2.05) is 0 Å². The number of hydrogen-bond acceptors (Lipinski definition) is 6. The molecule has 0 aliphatic rings. The number of aliphatic hydroxyl groups is 1. The van der Waals surface area contributed by atoms with E-state index in [1.54, 1.807) is 0 Å². The summed E-state index contributed by atoms with van der Waals surface area (Å²) in [6.45, 7) is -0.0901. The maximum atomic E-state index is 10.6. The van der Waals surface area contributed by atoms with Crippen molar-refractivity contribution in [3.05, 3.63) is 11.9 Å². The molecule has 0 amide bonds. The van der Waals surface area contributed by atoms with Crippen molar-refractivity contribution < 1.29 is 13.5 Å². The molecule has 76 valence electrons. The lowest BCUT2D eigenvalue weighted by atomic mass is 10.5. The van der Waals surface area contributed by atoms with Crippen LogP contribution >= 0.6 is 0 Å². The van der Waals surface area contributed by atoms with E-state index in [-0.39, 0.29) is 24.6 Å². The molecule has 0 unspecified atom stereocenters. The Bertz CT molecular complexity index is 283. The Balaban J connectivity index is 3.79.